The fraction of sp³-hybridized carbons (Fsp3) is 0.391. The number of aryl methyl sites for hydroxylation is 1. The number of anilines is 1. The van der Waals surface area contributed by atoms with Gasteiger partial charge in [-0.3, -0.25) is 9.59 Å². The molecule has 6 nitrogen and oxygen atoms in total. The van der Waals surface area contributed by atoms with Crippen molar-refractivity contribution < 1.29 is 19.1 Å². The zero-order chi connectivity index (χ0) is 20.6. The van der Waals surface area contributed by atoms with Gasteiger partial charge in [0, 0.05) is 18.5 Å². The van der Waals surface area contributed by atoms with E-state index in [-0.39, 0.29) is 24.3 Å². The van der Waals surface area contributed by atoms with E-state index in [0.29, 0.717) is 29.2 Å². The largest absolute Gasteiger partial charge is 0.497 e. The first-order chi connectivity index (χ1) is 14.1. The number of para-hydroxylation sites is 1. The van der Waals surface area contributed by atoms with Gasteiger partial charge in [0.05, 0.1) is 25.5 Å². The molecule has 2 aromatic rings. The van der Waals surface area contributed by atoms with Crippen molar-refractivity contribution in [3.63, 3.8) is 0 Å². The van der Waals surface area contributed by atoms with Crippen LogP contribution < -0.4 is 20.1 Å². The van der Waals surface area contributed by atoms with Crippen molar-refractivity contribution in [3.05, 3.63) is 53.6 Å². The van der Waals surface area contributed by atoms with Gasteiger partial charge in [-0.2, -0.15) is 0 Å². The number of hydrogen-bond acceptors (Lipinski definition) is 4. The lowest BCUT2D eigenvalue weighted by Gasteiger charge is -2.15. The van der Waals surface area contributed by atoms with Crippen LogP contribution >= 0.6 is 0 Å². The summed E-state index contributed by atoms with van der Waals surface area (Å²) in [4.78, 5) is 25.1. The molecule has 0 saturated heterocycles. The molecule has 1 fully saturated rings. The Hall–Kier alpha value is -3.02. The summed E-state index contributed by atoms with van der Waals surface area (Å²) in [5.41, 5.74) is 1.98. The number of benzene rings is 2. The van der Waals surface area contributed by atoms with Crippen molar-refractivity contribution in [2.24, 2.45) is 0 Å². The van der Waals surface area contributed by atoms with E-state index in [0.717, 1.165) is 31.2 Å². The van der Waals surface area contributed by atoms with Gasteiger partial charge < -0.3 is 20.1 Å². The molecule has 0 aromatic heterocycles. The van der Waals surface area contributed by atoms with Gasteiger partial charge in [0.15, 0.2) is 0 Å². The zero-order valence-corrected chi connectivity index (χ0v) is 17.0. The van der Waals surface area contributed by atoms with Crippen molar-refractivity contribution in [1.82, 2.24) is 5.32 Å². The highest BCUT2D eigenvalue weighted by Gasteiger charge is 2.20. The minimum absolute atomic E-state index is 0.134. The fourth-order valence-electron chi connectivity index (χ4n) is 3.60. The number of ether oxygens (including phenoxy) is 2. The molecular weight excluding hydrogens is 368 g/mol. The van der Waals surface area contributed by atoms with Crippen LogP contribution in [-0.4, -0.2) is 32.1 Å². The molecule has 2 amide bonds. The van der Waals surface area contributed by atoms with Crippen LogP contribution in [0.1, 0.15) is 48.0 Å². The standard InChI is InChI=1S/C23H28N2O4/c1-28-18-13-16(14-19(15-18)29-2)11-12-22(26)25-21-10-6-5-9-20(21)23(27)24-17-7-3-4-8-17/h5-6,9-10,13-15,17H,3-4,7-8,11-12H2,1-2H3,(H,24,27)(H,25,26). The van der Waals surface area contributed by atoms with Gasteiger partial charge in [0.2, 0.25) is 5.91 Å². The summed E-state index contributed by atoms with van der Waals surface area (Å²) in [6.07, 6.45) is 5.16. The lowest BCUT2D eigenvalue weighted by molar-refractivity contribution is -0.116. The van der Waals surface area contributed by atoms with Crippen LogP contribution in [0.15, 0.2) is 42.5 Å². The number of rotatable bonds is 8. The maximum absolute atomic E-state index is 12.6. The lowest BCUT2D eigenvalue weighted by atomic mass is 10.1. The summed E-state index contributed by atoms with van der Waals surface area (Å²) in [7, 11) is 3.19. The monoisotopic (exact) mass is 396 g/mol. The number of carbonyl (C=O) groups is 2. The molecule has 2 N–H and O–H groups in total. The molecule has 154 valence electrons. The number of nitrogens with one attached hydrogen (secondary N) is 2. The van der Waals surface area contributed by atoms with E-state index < -0.39 is 0 Å². The van der Waals surface area contributed by atoms with E-state index in [9.17, 15) is 9.59 Å². The number of hydrogen-bond donors (Lipinski definition) is 2. The zero-order valence-electron chi connectivity index (χ0n) is 17.0. The summed E-state index contributed by atoms with van der Waals surface area (Å²) < 4.78 is 10.5. The van der Waals surface area contributed by atoms with Gasteiger partial charge in [-0.25, -0.2) is 0 Å². The van der Waals surface area contributed by atoms with Crippen LogP contribution in [0.25, 0.3) is 0 Å². The molecule has 29 heavy (non-hydrogen) atoms. The summed E-state index contributed by atoms with van der Waals surface area (Å²) in [6.45, 7) is 0. The third-order valence-corrected chi connectivity index (χ3v) is 5.19. The van der Waals surface area contributed by atoms with E-state index in [1.54, 1.807) is 32.4 Å². The van der Waals surface area contributed by atoms with Gasteiger partial charge in [-0.05, 0) is 49.1 Å². The maximum atomic E-state index is 12.6. The quantitative estimate of drug-likeness (QED) is 0.708. The highest BCUT2D eigenvalue weighted by Crippen LogP contribution is 2.24. The second-order valence-corrected chi connectivity index (χ2v) is 7.27. The topological polar surface area (TPSA) is 76.7 Å². The predicted octanol–water partition coefficient (Wildman–Crippen LogP) is 3.95. The average Bonchev–Trinajstić information content (AvgIpc) is 3.25. The Balaban J connectivity index is 1.61. The Morgan fingerprint density at radius 1 is 1.00 bits per heavy atom. The molecule has 1 aliphatic rings. The van der Waals surface area contributed by atoms with Crippen LogP contribution in [0.2, 0.25) is 0 Å². The predicted molar refractivity (Wildman–Crippen MR) is 113 cm³/mol. The Kier molecular flexibility index (Phi) is 7.11. The summed E-state index contributed by atoms with van der Waals surface area (Å²) >= 11 is 0. The van der Waals surface area contributed by atoms with Gasteiger partial charge in [0.25, 0.3) is 5.91 Å². The van der Waals surface area contributed by atoms with Crippen molar-refractivity contribution in [2.75, 3.05) is 19.5 Å². The second kappa shape index (κ2) is 9.96. The van der Waals surface area contributed by atoms with E-state index >= 15 is 0 Å². The molecule has 0 heterocycles. The van der Waals surface area contributed by atoms with E-state index in [4.69, 9.17) is 9.47 Å². The van der Waals surface area contributed by atoms with Crippen molar-refractivity contribution in [2.45, 2.75) is 44.6 Å². The molecule has 3 rings (SSSR count). The van der Waals surface area contributed by atoms with Gasteiger partial charge in [-0.15, -0.1) is 0 Å². The molecule has 1 aliphatic carbocycles. The summed E-state index contributed by atoms with van der Waals surface area (Å²) in [5, 5.41) is 5.96. The molecule has 0 bridgehead atoms. The van der Waals surface area contributed by atoms with E-state index in [2.05, 4.69) is 10.6 Å². The molecule has 0 atom stereocenters. The fourth-order valence-corrected chi connectivity index (χ4v) is 3.60. The van der Waals surface area contributed by atoms with E-state index in [1.165, 1.54) is 0 Å². The Morgan fingerprint density at radius 3 is 2.31 bits per heavy atom. The number of amides is 2. The minimum Gasteiger partial charge on any atom is -0.497 e. The Bertz CT molecular complexity index is 837. The maximum Gasteiger partial charge on any atom is 0.253 e. The normalized spacial score (nSPS) is 13.7. The van der Waals surface area contributed by atoms with Crippen LogP contribution in [-0.2, 0) is 11.2 Å². The van der Waals surface area contributed by atoms with Crippen molar-refractivity contribution >= 4 is 17.5 Å². The van der Waals surface area contributed by atoms with Gasteiger partial charge in [0.1, 0.15) is 11.5 Å². The molecule has 0 unspecified atom stereocenters. The molecule has 0 radical (unpaired) electrons. The second-order valence-electron chi connectivity index (χ2n) is 7.27. The molecule has 1 saturated carbocycles. The number of methoxy groups -OCH3 is 2. The van der Waals surface area contributed by atoms with Crippen molar-refractivity contribution in [3.8, 4) is 11.5 Å². The average molecular weight is 396 g/mol. The van der Waals surface area contributed by atoms with Crippen LogP contribution in [0.5, 0.6) is 11.5 Å². The van der Waals surface area contributed by atoms with Gasteiger partial charge in [-0.1, -0.05) is 25.0 Å². The molecule has 0 aliphatic heterocycles. The molecule has 2 aromatic carbocycles. The van der Waals surface area contributed by atoms with Gasteiger partial charge >= 0.3 is 0 Å². The summed E-state index contributed by atoms with van der Waals surface area (Å²) in [6, 6.07) is 12.9. The van der Waals surface area contributed by atoms with Crippen molar-refractivity contribution in [1.29, 1.82) is 0 Å². The summed E-state index contributed by atoms with van der Waals surface area (Å²) in [5.74, 6) is 1.10. The Labute approximate surface area is 171 Å². The third-order valence-electron chi connectivity index (χ3n) is 5.19. The Morgan fingerprint density at radius 2 is 1.66 bits per heavy atom. The van der Waals surface area contributed by atoms with Crippen LogP contribution in [0, 0.1) is 0 Å². The first kappa shape index (κ1) is 20.7. The molecule has 0 spiro atoms. The molecule has 6 heteroatoms. The lowest BCUT2D eigenvalue weighted by Crippen LogP contribution is -2.33. The number of carbonyl (C=O) groups excluding carboxylic acids is 2. The third kappa shape index (κ3) is 5.73. The highest BCUT2D eigenvalue weighted by molar-refractivity contribution is 6.03. The molecular formula is C23H28N2O4. The van der Waals surface area contributed by atoms with Crippen LogP contribution in [0.4, 0.5) is 5.69 Å². The SMILES string of the molecule is COc1cc(CCC(=O)Nc2ccccc2C(=O)NC2CCCC2)cc(OC)c1. The highest BCUT2D eigenvalue weighted by atomic mass is 16.5. The first-order valence-electron chi connectivity index (χ1n) is 10.0. The smallest absolute Gasteiger partial charge is 0.253 e. The van der Waals surface area contributed by atoms with Crippen LogP contribution in [0.3, 0.4) is 0 Å². The van der Waals surface area contributed by atoms with E-state index in [1.807, 2.05) is 24.3 Å². The minimum atomic E-state index is -0.145. The first-order valence-corrected chi connectivity index (χ1v) is 10.0.